The summed E-state index contributed by atoms with van der Waals surface area (Å²) in [7, 11) is 0. The fraction of sp³-hybridized carbons (Fsp3) is 0.267. The van der Waals surface area contributed by atoms with Gasteiger partial charge in [0.05, 0.1) is 5.54 Å². The minimum atomic E-state index is -0.269. The smallest absolute Gasteiger partial charge is 0.0719 e. The quantitative estimate of drug-likeness (QED) is 0.865. The van der Waals surface area contributed by atoms with E-state index in [1.165, 1.54) is 5.56 Å². The average Bonchev–Trinajstić information content (AvgIpc) is 2.39. The molecule has 3 heteroatoms. The summed E-state index contributed by atoms with van der Waals surface area (Å²) in [6.45, 7) is 4.62. The van der Waals surface area contributed by atoms with Crippen LogP contribution in [-0.2, 0) is 5.54 Å². The van der Waals surface area contributed by atoms with Gasteiger partial charge in [-0.2, -0.15) is 0 Å². The Bertz CT molecular complexity index is 510. The maximum Gasteiger partial charge on any atom is 0.0719 e. The molecule has 0 saturated carbocycles. The van der Waals surface area contributed by atoms with E-state index in [-0.39, 0.29) is 5.54 Å². The zero-order valence-electron chi connectivity index (χ0n) is 10.9. The summed E-state index contributed by atoms with van der Waals surface area (Å²) in [5.74, 6) is 0. The molecule has 18 heavy (non-hydrogen) atoms. The highest BCUT2D eigenvalue weighted by Gasteiger charge is 2.24. The van der Waals surface area contributed by atoms with E-state index in [0.29, 0.717) is 6.54 Å². The highest BCUT2D eigenvalue weighted by Crippen LogP contribution is 2.25. The lowest BCUT2D eigenvalue weighted by Gasteiger charge is -2.31. The van der Waals surface area contributed by atoms with E-state index in [4.69, 9.17) is 5.73 Å². The molecule has 1 heterocycles. The van der Waals surface area contributed by atoms with Crippen LogP contribution in [0.1, 0.15) is 18.2 Å². The second-order valence-electron chi connectivity index (χ2n) is 4.71. The number of benzene rings is 1. The zero-order valence-corrected chi connectivity index (χ0v) is 10.9. The Labute approximate surface area is 108 Å². The molecule has 1 aromatic heterocycles. The summed E-state index contributed by atoms with van der Waals surface area (Å²) < 4.78 is 0. The van der Waals surface area contributed by atoms with E-state index in [1.807, 2.05) is 37.3 Å². The third-order valence-electron chi connectivity index (χ3n) is 3.14. The van der Waals surface area contributed by atoms with Crippen LogP contribution >= 0.6 is 0 Å². The topological polar surface area (TPSA) is 50.9 Å². The molecule has 0 bridgehead atoms. The van der Waals surface area contributed by atoms with E-state index in [2.05, 4.69) is 29.4 Å². The van der Waals surface area contributed by atoms with Crippen LogP contribution in [-0.4, -0.2) is 11.5 Å². The fourth-order valence-electron chi connectivity index (χ4n) is 1.99. The molecule has 94 valence electrons. The van der Waals surface area contributed by atoms with E-state index >= 15 is 0 Å². The molecule has 3 nitrogen and oxygen atoms in total. The first kappa shape index (κ1) is 12.6. The molecular formula is C15H19N3. The Morgan fingerprint density at radius 1 is 1.22 bits per heavy atom. The third kappa shape index (κ3) is 2.68. The molecular weight excluding hydrogens is 222 g/mol. The number of aryl methyl sites for hydroxylation is 1. The lowest BCUT2D eigenvalue weighted by atomic mass is 9.92. The normalized spacial score (nSPS) is 13.9. The average molecular weight is 241 g/mol. The molecule has 3 N–H and O–H groups in total. The minimum Gasteiger partial charge on any atom is -0.374 e. The van der Waals surface area contributed by atoms with Gasteiger partial charge in [0.25, 0.3) is 0 Å². The second kappa shape index (κ2) is 5.19. The Hall–Kier alpha value is -1.87. The molecule has 0 spiro atoms. The van der Waals surface area contributed by atoms with Crippen molar-refractivity contribution in [1.82, 2.24) is 4.98 Å². The number of hydrogen-bond donors (Lipinski definition) is 2. The van der Waals surface area contributed by atoms with Crippen LogP contribution in [0.2, 0.25) is 0 Å². The first-order valence-corrected chi connectivity index (χ1v) is 6.10. The zero-order chi connectivity index (χ0) is 13.0. The Kier molecular flexibility index (Phi) is 3.63. The molecule has 0 fully saturated rings. The fourth-order valence-corrected chi connectivity index (χ4v) is 1.99. The number of nitrogens with two attached hydrogens (primary N) is 1. The van der Waals surface area contributed by atoms with Crippen LogP contribution in [0.4, 0.5) is 5.69 Å². The maximum atomic E-state index is 5.95. The van der Waals surface area contributed by atoms with Gasteiger partial charge in [-0.25, -0.2) is 0 Å². The van der Waals surface area contributed by atoms with Gasteiger partial charge in [0.2, 0.25) is 0 Å². The molecule has 0 aliphatic heterocycles. The minimum absolute atomic E-state index is 0.269. The first-order chi connectivity index (χ1) is 8.64. The van der Waals surface area contributed by atoms with Crippen molar-refractivity contribution in [1.29, 1.82) is 0 Å². The molecule has 0 radical (unpaired) electrons. The van der Waals surface area contributed by atoms with Crippen LogP contribution in [0.3, 0.4) is 0 Å². The molecule has 0 aliphatic rings. The standard InChI is InChI=1S/C15H19N3/c1-12-10-14(8-9-17-12)18-15(2,11-16)13-6-4-3-5-7-13/h3-10H,11,16H2,1-2H3,(H,17,18). The largest absolute Gasteiger partial charge is 0.374 e. The number of rotatable bonds is 4. The van der Waals surface area contributed by atoms with Gasteiger partial charge >= 0.3 is 0 Å². The predicted octanol–water partition coefficient (Wildman–Crippen LogP) is 2.68. The molecule has 0 saturated heterocycles. The van der Waals surface area contributed by atoms with Crippen LogP contribution < -0.4 is 11.1 Å². The number of nitrogens with zero attached hydrogens (tertiary/aromatic N) is 1. The third-order valence-corrected chi connectivity index (χ3v) is 3.14. The summed E-state index contributed by atoms with van der Waals surface area (Å²) in [5, 5.41) is 3.50. The first-order valence-electron chi connectivity index (χ1n) is 6.10. The van der Waals surface area contributed by atoms with Crippen molar-refractivity contribution in [3.8, 4) is 0 Å². The van der Waals surface area contributed by atoms with Gasteiger partial charge in [-0.15, -0.1) is 0 Å². The highest BCUT2D eigenvalue weighted by molar-refractivity contribution is 5.48. The van der Waals surface area contributed by atoms with Gasteiger partial charge in [0.1, 0.15) is 0 Å². The van der Waals surface area contributed by atoms with Gasteiger partial charge in [-0.1, -0.05) is 30.3 Å². The molecule has 2 aromatic rings. The lowest BCUT2D eigenvalue weighted by Crippen LogP contribution is -2.39. The second-order valence-corrected chi connectivity index (χ2v) is 4.71. The van der Waals surface area contributed by atoms with Crippen LogP contribution in [0.15, 0.2) is 48.7 Å². The number of aromatic nitrogens is 1. The number of hydrogen-bond acceptors (Lipinski definition) is 3. The molecule has 0 amide bonds. The van der Waals surface area contributed by atoms with Crippen molar-refractivity contribution in [3.05, 3.63) is 59.9 Å². The van der Waals surface area contributed by atoms with Gasteiger partial charge < -0.3 is 11.1 Å². The van der Waals surface area contributed by atoms with Gasteiger partial charge in [0, 0.05) is 24.1 Å². The van der Waals surface area contributed by atoms with Crippen molar-refractivity contribution < 1.29 is 0 Å². The van der Waals surface area contributed by atoms with Crippen LogP contribution in [0.5, 0.6) is 0 Å². The number of anilines is 1. The monoisotopic (exact) mass is 241 g/mol. The maximum absolute atomic E-state index is 5.95. The van der Waals surface area contributed by atoms with Crippen molar-refractivity contribution in [3.63, 3.8) is 0 Å². The SMILES string of the molecule is Cc1cc(NC(C)(CN)c2ccccc2)ccn1. The molecule has 1 aromatic carbocycles. The Morgan fingerprint density at radius 2 is 1.94 bits per heavy atom. The Balaban J connectivity index is 2.29. The summed E-state index contributed by atoms with van der Waals surface area (Å²) in [6.07, 6.45) is 1.81. The lowest BCUT2D eigenvalue weighted by molar-refractivity contribution is 0.556. The molecule has 1 atom stereocenters. The summed E-state index contributed by atoms with van der Waals surface area (Å²) in [5.41, 5.74) is 8.89. The predicted molar refractivity (Wildman–Crippen MR) is 75.4 cm³/mol. The molecule has 1 unspecified atom stereocenters. The Morgan fingerprint density at radius 3 is 2.56 bits per heavy atom. The summed E-state index contributed by atoms with van der Waals surface area (Å²) in [4.78, 5) is 4.20. The van der Waals surface area contributed by atoms with Gasteiger partial charge in [0.15, 0.2) is 0 Å². The van der Waals surface area contributed by atoms with E-state index < -0.39 is 0 Å². The van der Waals surface area contributed by atoms with E-state index in [0.717, 1.165) is 11.4 Å². The van der Waals surface area contributed by atoms with Gasteiger partial charge in [-0.05, 0) is 31.5 Å². The molecule has 0 aliphatic carbocycles. The van der Waals surface area contributed by atoms with E-state index in [9.17, 15) is 0 Å². The molecule has 2 rings (SSSR count). The highest BCUT2D eigenvalue weighted by atomic mass is 15.0. The van der Waals surface area contributed by atoms with Crippen molar-refractivity contribution >= 4 is 5.69 Å². The van der Waals surface area contributed by atoms with Crippen molar-refractivity contribution in [2.75, 3.05) is 11.9 Å². The van der Waals surface area contributed by atoms with Gasteiger partial charge in [-0.3, -0.25) is 4.98 Å². The summed E-state index contributed by atoms with van der Waals surface area (Å²) in [6, 6.07) is 14.2. The van der Waals surface area contributed by atoms with E-state index in [1.54, 1.807) is 6.20 Å². The summed E-state index contributed by atoms with van der Waals surface area (Å²) >= 11 is 0. The van der Waals surface area contributed by atoms with Crippen LogP contribution in [0.25, 0.3) is 0 Å². The number of nitrogens with one attached hydrogen (secondary N) is 1. The van der Waals surface area contributed by atoms with Crippen molar-refractivity contribution in [2.24, 2.45) is 5.73 Å². The van der Waals surface area contributed by atoms with Crippen LogP contribution in [0, 0.1) is 6.92 Å². The number of pyridine rings is 1. The van der Waals surface area contributed by atoms with Crippen molar-refractivity contribution in [2.45, 2.75) is 19.4 Å².